The second-order valence-electron chi connectivity index (χ2n) is 5.64. The van der Waals surface area contributed by atoms with Crippen LogP contribution in [0.3, 0.4) is 0 Å². The topological polar surface area (TPSA) is 47.3 Å². The standard InChI is InChI=1S/C17H24N2O/c1-3-19(15-7-5-4-6-8-15)17-11-14(12-18)9-10-16(17)13(2)20/h9-11,13,15,20H,3-8H2,1-2H3/t13-/m0/s1. The summed E-state index contributed by atoms with van der Waals surface area (Å²) in [5.41, 5.74) is 2.63. The molecule has 1 fully saturated rings. The average molecular weight is 272 g/mol. The number of rotatable bonds is 4. The van der Waals surface area contributed by atoms with E-state index < -0.39 is 6.10 Å². The van der Waals surface area contributed by atoms with Gasteiger partial charge in [0.1, 0.15) is 0 Å². The molecule has 1 aromatic carbocycles. The van der Waals surface area contributed by atoms with E-state index in [1.165, 1.54) is 32.1 Å². The normalized spacial score (nSPS) is 17.5. The van der Waals surface area contributed by atoms with E-state index in [0.717, 1.165) is 17.8 Å². The van der Waals surface area contributed by atoms with Gasteiger partial charge < -0.3 is 10.0 Å². The number of benzene rings is 1. The van der Waals surface area contributed by atoms with Gasteiger partial charge in [0.25, 0.3) is 0 Å². The first-order valence-corrected chi connectivity index (χ1v) is 7.66. The molecule has 0 unspecified atom stereocenters. The molecule has 1 aliphatic carbocycles. The van der Waals surface area contributed by atoms with Crippen LogP contribution in [0.25, 0.3) is 0 Å². The lowest BCUT2D eigenvalue weighted by molar-refractivity contribution is 0.199. The largest absolute Gasteiger partial charge is 0.389 e. The van der Waals surface area contributed by atoms with Gasteiger partial charge in [-0.05, 0) is 38.8 Å². The summed E-state index contributed by atoms with van der Waals surface area (Å²) in [5.74, 6) is 0. The van der Waals surface area contributed by atoms with Gasteiger partial charge in [-0.1, -0.05) is 25.3 Å². The van der Waals surface area contributed by atoms with E-state index in [2.05, 4.69) is 17.9 Å². The lowest BCUT2D eigenvalue weighted by Gasteiger charge is -2.37. The van der Waals surface area contributed by atoms with Crippen molar-refractivity contribution in [1.82, 2.24) is 0 Å². The van der Waals surface area contributed by atoms with Crippen molar-refractivity contribution in [2.24, 2.45) is 0 Å². The molecular formula is C17H24N2O. The van der Waals surface area contributed by atoms with Crippen LogP contribution in [-0.2, 0) is 0 Å². The Kier molecular flexibility index (Phi) is 5.03. The molecule has 20 heavy (non-hydrogen) atoms. The van der Waals surface area contributed by atoms with Gasteiger partial charge >= 0.3 is 0 Å². The minimum Gasteiger partial charge on any atom is -0.389 e. The van der Waals surface area contributed by atoms with Gasteiger partial charge in [-0.15, -0.1) is 0 Å². The molecule has 3 heteroatoms. The zero-order valence-electron chi connectivity index (χ0n) is 12.5. The Hall–Kier alpha value is -1.53. The minimum absolute atomic E-state index is 0.504. The number of aliphatic hydroxyl groups excluding tert-OH is 1. The summed E-state index contributed by atoms with van der Waals surface area (Å²) in [4.78, 5) is 2.38. The zero-order chi connectivity index (χ0) is 14.5. The van der Waals surface area contributed by atoms with Crippen LogP contribution in [0.2, 0.25) is 0 Å². The van der Waals surface area contributed by atoms with Crippen molar-refractivity contribution < 1.29 is 5.11 Å². The van der Waals surface area contributed by atoms with Crippen molar-refractivity contribution in [2.75, 3.05) is 11.4 Å². The number of hydrogen-bond donors (Lipinski definition) is 1. The highest BCUT2D eigenvalue weighted by molar-refractivity contribution is 5.59. The molecular weight excluding hydrogens is 248 g/mol. The van der Waals surface area contributed by atoms with Gasteiger partial charge in [0.05, 0.1) is 17.7 Å². The van der Waals surface area contributed by atoms with Crippen molar-refractivity contribution in [1.29, 1.82) is 5.26 Å². The molecule has 1 aromatic rings. The van der Waals surface area contributed by atoms with Crippen LogP contribution in [0.5, 0.6) is 0 Å². The molecule has 108 valence electrons. The van der Waals surface area contributed by atoms with Crippen molar-refractivity contribution >= 4 is 5.69 Å². The lowest BCUT2D eigenvalue weighted by atomic mass is 9.92. The van der Waals surface area contributed by atoms with Crippen LogP contribution in [0, 0.1) is 11.3 Å². The molecule has 1 N–H and O–H groups in total. The third-order valence-electron chi connectivity index (χ3n) is 4.28. The van der Waals surface area contributed by atoms with Crippen molar-refractivity contribution in [2.45, 2.75) is 58.1 Å². The third kappa shape index (κ3) is 3.13. The first-order valence-electron chi connectivity index (χ1n) is 7.66. The molecule has 3 nitrogen and oxygen atoms in total. The quantitative estimate of drug-likeness (QED) is 0.907. The molecule has 0 aromatic heterocycles. The Morgan fingerprint density at radius 3 is 2.60 bits per heavy atom. The molecule has 0 bridgehead atoms. The second kappa shape index (κ2) is 6.76. The third-order valence-corrected chi connectivity index (χ3v) is 4.28. The highest BCUT2D eigenvalue weighted by Crippen LogP contribution is 2.33. The van der Waals surface area contributed by atoms with E-state index in [4.69, 9.17) is 5.26 Å². The Balaban J connectivity index is 2.38. The van der Waals surface area contributed by atoms with Gasteiger partial charge in [-0.2, -0.15) is 5.26 Å². The second-order valence-corrected chi connectivity index (χ2v) is 5.64. The molecule has 0 aliphatic heterocycles. The maximum absolute atomic E-state index is 10.0. The van der Waals surface area contributed by atoms with Gasteiger partial charge in [-0.3, -0.25) is 0 Å². The maximum atomic E-state index is 10.0. The molecule has 0 saturated heterocycles. The van der Waals surface area contributed by atoms with Gasteiger partial charge in [0.2, 0.25) is 0 Å². The van der Waals surface area contributed by atoms with Crippen LogP contribution >= 0.6 is 0 Å². The summed E-state index contributed by atoms with van der Waals surface area (Å²) < 4.78 is 0. The molecule has 1 aliphatic rings. The summed E-state index contributed by atoms with van der Waals surface area (Å²) in [7, 11) is 0. The summed E-state index contributed by atoms with van der Waals surface area (Å²) in [6.45, 7) is 4.86. The van der Waals surface area contributed by atoms with Crippen LogP contribution in [-0.4, -0.2) is 17.7 Å². The van der Waals surface area contributed by atoms with E-state index in [1.807, 2.05) is 12.1 Å². The van der Waals surface area contributed by atoms with E-state index in [0.29, 0.717) is 11.6 Å². The predicted octanol–water partition coefficient (Wildman–Crippen LogP) is 3.77. The highest BCUT2D eigenvalue weighted by Gasteiger charge is 2.23. The predicted molar refractivity (Wildman–Crippen MR) is 81.7 cm³/mol. The van der Waals surface area contributed by atoms with Crippen LogP contribution in [0.15, 0.2) is 18.2 Å². The fourth-order valence-corrected chi connectivity index (χ4v) is 3.23. The van der Waals surface area contributed by atoms with Crippen LogP contribution < -0.4 is 4.90 Å². The van der Waals surface area contributed by atoms with Crippen molar-refractivity contribution in [3.05, 3.63) is 29.3 Å². The fourth-order valence-electron chi connectivity index (χ4n) is 3.23. The number of aliphatic hydroxyl groups is 1. The van der Waals surface area contributed by atoms with Gasteiger partial charge in [-0.25, -0.2) is 0 Å². The maximum Gasteiger partial charge on any atom is 0.0992 e. The Morgan fingerprint density at radius 2 is 2.05 bits per heavy atom. The van der Waals surface area contributed by atoms with Crippen molar-refractivity contribution in [3.63, 3.8) is 0 Å². The molecule has 0 radical (unpaired) electrons. The van der Waals surface area contributed by atoms with E-state index >= 15 is 0 Å². The SMILES string of the molecule is CCN(c1cc(C#N)ccc1[C@H](C)O)C1CCCCC1. The summed E-state index contributed by atoms with van der Waals surface area (Å²) >= 11 is 0. The molecule has 0 amide bonds. The lowest BCUT2D eigenvalue weighted by Crippen LogP contribution is -2.37. The number of nitrogens with zero attached hydrogens (tertiary/aromatic N) is 2. The van der Waals surface area contributed by atoms with E-state index in [-0.39, 0.29) is 0 Å². The van der Waals surface area contributed by atoms with Crippen molar-refractivity contribution in [3.8, 4) is 6.07 Å². The molecule has 0 spiro atoms. The molecule has 2 rings (SSSR count). The smallest absolute Gasteiger partial charge is 0.0992 e. The zero-order valence-corrected chi connectivity index (χ0v) is 12.5. The van der Waals surface area contributed by atoms with E-state index in [1.54, 1.807) is 13.0 Å². The van der Waals surface area contributed by atoms with E-state index in [9.17, 15) is 5.11 Å². The molecule has 1 atom stereocenters. The number of nitriles is 1. The van der Waals surface area contributed by atoms with Gasteiger partial charge in [0, 0.05) is 23.8 Å². The van der Waals surface area contributed by atoms with Crippen LogP contribution in [0.4, 0.5) is 5.69 Å². The number of anilines is 1. The molecule has 1 saturated carbocycles. The Labute approximate surface area is 121 Å². The summed E-state index contributed by atoms with van der Waals surface area (Å²) in [5, 5.41) is 19.1. The number of hydrogen-bond acceptors (Lipinski definition) is 3. The first kappa shape index (κ1) is 14.9. The summed E-state index contributed by atoms with van der Waals surface area (Å²) in [6.07, 6.45) is 5.81. The Morgan fingerprint density at radius 1 is 1.35 bits per heavy atom. The fraction of sp³-hybridized carbons (Fsp3) is 0.588. The average Bonchev–Trinajstić information content (AvgIpc) is 2.48. The highest BCUT2D eigenvalue weighted by atomic mass is 16.3. The monoisotopic (exact) mass is 272 g/mol. The first-order chi connectivity index (χ1) is 9.67. The minimum atomic E-state index is -0.504. The van der Waals surface area contributed by atoms with Gasteiger partial charge in [0.15, 0.2) is 0 Å². The summed E-state index contributed by atoms with van der Waals surface area (Å²) in [6, 6.07) is 8.36. The Bertz CT molecular complexity index is 484. The molecule has 0 heterocycles. The van der Waals surface area contributed by atoms with Crippen LogP contribution in [0.1, 0.15) is 63.2 Å².